The van der Waals surface area contributed by atoms with Crippen LogP contribution in [0.25, 0.3) is 0 Å². The van der Waals surface area contributed by atoms with Crippen LogP contribution in [0, 0.1) is 11.3 Å². The highest BCUT2D eigenvalue weighted by Crippen LogP contribution is 2.82. The molecule has 1 spiro atoms. The number of hydrogen-bond donors (Lipinski definition) is 1. The summed E-state index contributed by atoms with van der Waals surface area (Å²) in [4.78, 5) is 11.6. The summed E-state index contributed by atoms with van der Waals surface area (Å²) < 4.78 is 89.9. The normalized spacial score (nSPS) is 47.3. The summed E-state index contributed by atoms with van der Waals surface area (Å²) in [6.07, 6.45) is -0.165. The average Bonchev–Trinajstić information content (AvgIpc) is 2.96. The van der Waals surface area contributed by atoms with Gasteiger partial charge in [0, 0.05) is 5.41 Å². The molecule has 0 aromatic carbocycles. The van der Waals surface area contributed by atoms with Crippen LogP contribution in [0.2, 0.25) is 0 Å². The van der Waals surface area contributed by atoms with E-state index in [-0.39, 0.29) is 18.8 Å². The van der Waals surface area contributed by atoms with Crippen molar-refractivity contribution < 1.29 is 43.9 Å². The first-order chi connectivity index (χ1) is 9.88. The first-order valence-corrected chi connectivity index (χ1v) is 9.30. The van der Waals surface area contributed by atoms with E-state index in [9.17, 15) is 30.4 Å². The lowest BCUT2D eigenvalue weighted by Gasteiger charge is -2.49. The quantitative estimate of drug-likeness (QED) is 0.412. The maximum Gasteiger partial charge on any atom is 0.465 e. The number of hydrogen-bond acceptors (Lipinski definition) is 7. The molecule has 1 aliphatic heterocycles. The van der Waals surface area contributed by atoms with Crippen molar-refractivity contribution in [1.82, 2.24) is 0 Å². The summed E-state index contributed by atoms with van der Waals surface area (Å²) in [5, 5.41) is -6.42. The molecule has 124 valence electrons. The molecule has 5 unspecified atom stereocenters. The number of ether oxygens (including phenoxy) is 1. The Morgan fingerprint density at radius 1 is 1.36 bits per heavy atom. The second-order valence-electron chi connectivity index (χ2n) is 6.24. The lowest BCUT2D eigenvalue weighted by atomic mass is 9.64. The van der Waals surface area contributed by atoms with Crippen LogP contribution in [0.5, 0.6) is 0 Å². The van der Waals surface area contributed by atoms with E-state index in [1.54, 1.807) is 0 Å². The number of carbonyl (C=O) groups is 1. The molecular weight excluding hydrogens is 350 g/mol. The van der Waals surface area contributed by atoms with Gasteiger partial charge in [-0.1, -0.05) is 0 Å². The van der Waals surface area contributed by atoms with E-state index in [0.717, 1.165) is 0 Å². The number of carbonyl (C=O) groups excluding carboxylic acids is 1. The van der Waals surface area contributed by atoms with Gasteiger partial charge in [-0.3, -0.25) is 8.74 Å². The third-order valence-corrected chi connectivity index (χ3v) is 7.99. The molecule has 4 rings (SSSR count). The van der Waals surface area contributed by atoms with Gasteiger partial charge in [-0.05, 0) is 25.2 Å². The van der Waals surface area contributed by atoms with Crippen LogP contribution >= 0.6 is 0 Å². The number of alkyl halides is 2. The van der Waals surface area contributed by atoms with Gasteiger partial charge in [0.15, 0.2) is 5.60 Å². The van der Waals surface area contributed by atoms with Crippen molar-refractivity contribution in [3.63, 3.8) is 0 Å². The van der Waals surface area contributed by atoms with Gasteiger partial charge in [0.2, 0.25) is 0 Å². The maximum absolute atomic E-state index is 13.4. The molecule has 4 fully saturated rings. The summed E-state index contributed by atoms with van der Waals surface area (Å²) in [5.41, 5.74) is -2.49. The molecule has 3 saturated carbocycles. The Morgan fingerprint density at radius 3 is 2.59 bits per heavy atom. The standard InChI is InChI=1S/C10H10F2O8S2/c11-10(12,22(16,17)18)7(13)19-9-5-3-8(9)2-4(8)1-6(9)21(14,15)20-5/h4-6H,1-3H2,(H,16,17,18). The van der Waals surface area contributed by atoms with E-state index in [1.807, 2.05) is 0 Å². The van der Waals surface area contributed by atoms with E-state index in [2.05, 4.69) is 0 Å². The first-order valence-electron chi connectivity index (χ1n) is 6.39. The smallest absolute Gasteiger partial charge is 0.449 e. The van der Waals surface area contributed by atoms with Gasteiger partial charge in [-0.2, -0.15) is 25.6 Å². The highest BCUT2D eigenvalue weighted by atomic mass is 32.2. The molecule has 1 heterocycles. The third kappa shape index (κ3) is 1.32. The predicted octanol–water partition coefficient (Wildman–Crippen LogP) is -0.340. The van der Waals surface area contributed by atoms with Crippen LogP contribution < -0.4 is 0 Å². The summed E-state index contributed by atoms with van der Waals surface area (Å²) in [6.45, 7) is 0. The fourth-order valence-corrected chi connectivity index (χ4v) is 6.68. The van der Waals surface area contributed by atoms with Gasteiger partial charge in [0.25, 0.3) is 10.1 Å². The molecule has 3 aliphatic carbocycles. The summed E-state index contributed by atoms with van der Waals surface area (Å²) >= 11 is 0. The lowest BCUT2D eigenvalue weighted by Crippen LogP contribution is -2.65. The third-order valence-electron chi connectivity index (χ3n) is 5.44. The maximum atomic E-state index is 13.4. The summed E-state index contributed by atoms with van der Waals surface area (Å²) in [7, 11) is -10.1. The topological polar surface area (TPSA) is 124 Å². The zero-order chi connectivity index (χ0) is 16.3. The molecule has 1 saturated heterocycles. The molecule has 1 N–H and O–H groups in total. The zero-order valence-electron chi connectivity index (χ0n) is 10.7. The molecule has 5 atom stereocenters. The Labute approximate surface area is 123 Å². The Morgan fingerprint density at radius 2 is 2.00 bits per heavy atom. The van der Waals surface area contributed by atoms with Crippen molar-refractivity contribution in [1.29, 1.82) is 0 Å². The van der Waals surface area contributed by atoms with Gasteiger partial charge in [0.05, 0.1) is 0 Å². The largest absolute Gasteiger partial charge is 0.465 e. The van der Waals surface area contributed by atoms with E-state index in [0.29, 0.717) is 6.42 Å². The molecule has 0 aromatic rings. The minimum Gasteiger partial charge on any atom is -0.449 e. The fraction of sp³-hybridized carbons (Fsp3) is 0.900. The molecule has 0 aromatic heterocycles. The minimum atomic E-state index is -6.01. The molecule has 8 nitrogen and oxygen atoms in total. The minimum absolute atomic E-state index is 0.0698. The Hall–Kier alpha value is -0.850. The van der Waals surface area contributed by atoms with Crippen molar-refractivity contribution in [3.05, 3.63) is 0 Å². The molecular formula is C10H10F2O8S2. The van der Waals surface area contributed by atoms with Gasteiger partial charge >= 0.3 is 21.3 Å². The van der Waals surface area contributed by atoms with E-state index < -0.39 is 53.8 Å². The van der Waals surface area contributed by atoms with Crippen LogP contribution in [0.3, 0.4) is 0 Å². The van der Waals surface area contributed by atoms with Crippen LogP contribution in [-0.4, -0.2) is 49.6 Å². The molecule has 22 heavy (non-hydrogen) atoms. The number of halogens is 2. The number of esters is 1. The number of rotatable bonds is 3. The Balaban J connectivity index is 1.73. The van der Waals surface area contributed by atoms with Crippen LogP contribution in [0.1, 0.15) is 19.3 Å². The van der Waals surface area contributed by atoms with E-state index >= 15 is 0 Å². The predicted molar refractivity (Wildman–Crippen MR) is 62.7 cm³/mol. The van der Waals surface area contributed by atoms with Crippen molar-refractivity contribution in [2.45, 2.75) is 41.5 Å². The average molecular weight is 360 g/mol. The molecule has 4 aliphatic rings. The molecule has 0 amide bonds. The second kappa shape index (κ2) is 3.47. The van der Waals surface area contributed by atoms with Crippen molar-refractivity contribution >= 4 is 26.2 Å². The Bertz CT molecular complexity index is 805. The van der Waals surface area contributed by atoms with E-state index in [1.165, 1.54) is 0 Å². The Kier molecular flexibility index (Phi) is 2.32. The molecule has 12 heteroatoms. The summed E-state index contributed by atoms with van der Waals surface area (Å²) in [5.74, 6) is -2.54. The highest BCUT2D eigenvalue weighted by Gasteiger charge is 2.91. The van der Waals surface area contributed by atoms with Crippen LogP contribution in [-0.2, 0) is 34.0 Å². The highest BCUT2D eigenvalue weighted by molar-refractivity contribution is 7.88. The van der Waals surface area contributed by atoms with Crippen molar-refractivity contribution in [2.75, 3.05) is 0 Å². The first kappa shape index (κ1) is 14.7. The fourth-order valence-electron chi connectivity index (χ4n) is 4.43. The van der Waals surface area contributed by atoms with Crippen LogP contribution in [0.15, 0.2) is 0 Å². The second-order valence-corrected chi connectivity index (χ2v) is 9.45. The van der Waals surface area contributed by atoms with Gasteiger partial charge in [-0.25, -0.2) is 4.79 Å². The van der Waals surface area contributed by atoms with Gasteiger partial charge < -0.3 is 4.74 Å². The molecule has 0 bridgehead atoms. The zero-order valence-corrected chi connectivity index (χ0v) is 12.4. The lowest BCUT2D eigenvalue weighted by molar-refractivity contribution is -0.220. The van der Waals surface area contributed by atoms with Gasteiger partial charge in [-0.15, -0.1) is 0 Å². The summed E-state index contributed by atoms with van der Waals surface area (Å²) in [6, 6.07) is 0. The van der Waals surface area contributed by atoms with Crippen molar-refractivity contribution in [2.24, 2.45) is 11.3 Å². The monoisotopic (exact) mass is 360 g/mol. The van der Waals surface area contributed by atoms with Crippen LogP contribution in [0.4, 0.5) is 8.78 Å². The SMILES string of the molecule is O=C(OC12C3CC14CC4CC2S(=O)(=O)O3)C(F)(F)S(=O)(=O)O. The van der Waals surface area contributed by atoms with Gasteiger partial charge in [0.1, 0.15) is 11.4 Å². The van der Waals surface area contributed by atoms with E-state index in [4.69, 9.17) is 13.5 Å². The molecule has 0 radical (unpaired) electrons. The van der Waals surface area contributed by atoms with Crippen molar-refractivity contribution in [3.8, 4) is 0 Å².